The van der Waals surface area contributed by atoms with Crippen molar-refractivity contribution in [3.63, 3.8) is 0 Å². The molecule has 0 aliphatic carbocycles. The fourth-order valence-corrected chi connectivity index (χ4v) is 3.20. The van der Waals surface area contributed by atoms with Gasteiger partial charge in [-0.2, -0.15) is 4.98 Å². The molecule has 1 aromatic heterocycles. The molecule has 7 nitrogen and oxygen atoms in total. The van der Waals surface area contributed by atoms with Crippen LogP contribution in [0, 0.1) is 0 Å². The fraction of sp³-hybridized carbons (Fsp3) is 0.556. The topological polar surface area (TPSA) is 80.9 Å². The van der Waals surface area contributed by atoms with Crippen LogP contribution in [0.4, 0.5) is 0 Å². The third-order valence-corrected chi connectivity index (χ3v) is 4.69. The molecule has 1 aromatic carbocycles. The monoisotopic (exact) mass is 347 g/mol. The van der Waals surface area contributed by atoms with E-state index in [4.69, 9.17) is 14.0 Å². The van der Waals surface area contributed by atoms with E-state index in [2.05, 4.69) is 15.0 Å². The number of β-amino-alcohol motifs (C(OH)–C–C–N with tert-alkyl or cyclic N) is 1. The summed E-state index contributed by atoms with van der Waals surface area (Å²) >= 11 is 0. The Balaban J connectivity index is 1.92. The minimum Gasteiger partial charge on any atom is -0.496 e. The molecule has 0 radical (unpaired) electrons. The number of fused-ring (bicyclic) bond motifs is 1. The van der Waals surface area contributed by atoms with E-state index >= 15 is 0 Å². The summed E-state index contributed by atoms with van der Waals surface area (Å²) in [4.78, 5) is 6.59. The van der Waals surface area contributed by atoms with Crippen molar-refractivity contribution in [3.8, 4) is 11.5 Å². The smallest absolute Gasteiger partial charge is 0.243 e. The molecule has 7 heteroatoms. The van der Waals surface area contributed by atoms with E-state index < -0.39 is 6.10 Å². The highest BCUT2D eigenvalue weighted by atomic mass is 16.5. The van der Waals surface area contributed by atoms with Gasteiger partial charge in [0.25, 0.3) is 0 Å². The zero-order valence-electron chi connectivity index (χ0n) is 15.3. The molecule has 2 heterocycles. The number of aromatic nitrogens is 2. The fourth-order valence-electron chi connectivity index (χ4n) is 3.20. The number of aliphatic hydroxyl groups excluding tert-OH is 1. The lowest BCUT2D eigenvalue weighted by Gasteiger charge is -2.36. The van der Waals surface area contributed by atoms with E-state index in [1.54, 1.807) is 14.2 Å². The van der Waals surface area contributed by atoms with Gasteiger partial charge in [-0.25, -0.2) is 0 Å². The van der Waals surface area contributed by atoms with Crippen LogP contribution in [0.25, 0.3) is 0 Å². The lowest BCUT2D eigenvalue weighted by atomic mass is 9.94. The molecule has 0 saturated heterocycles. The maximum Gasteiger partial charge on any atom is 0.243 e. The van der Waals surface area contributed by atoms with Crippen molar-refractivity contribution in [1.82, 2.24) is 15.0 Å². The maximum absolute atomic E-state index is 10.7. The SMILES string of the molecule is COc1ccc(OC)c2c1CN([C@@H](C)c1nc(C(C)C)no1)C[C@@H]2O. The summed E-state index contributed by atoms with van der Waals surface area (Å²) < 4.78 is 16.3. The minimum absolute atomic E-state index is 0.112. The summed E-state index contributed by atoms with van der Waals surface area (Å²) in [5.41, 5.74) is 1.72. The lowest BCUT2D eigenvalue weighted by molar-refractivity contribution is 0.0567. The normalized spacial score (nSPS) is 18.9. The molecule has 0 bridgehead atoms. The van der Waals surface area contributed by atoms with Gasteiger partial charge >= 0.3 is 0 Å². The van der Waals surface area contributed by atoms with Crippen molar-refractivity contribution >= 4 is 0 Å². The molecular weight excluding hydrogens is 322 g/mol. The van der Waals surface area contributed by atoms with Crippen molar-refractivity contribution in [2.24, 2.45) is 0 Å². The Morgan fingerprint density at radius 2 is 1.88 bits per heavy atom. The van der Waals surface area contributed by atoms with Crippen LogP contribution in [0.3, 0.4) is 0 Å². The molecule has 0 spiro atoms. The van der Waals surface area contributed by atoms with Gasteiger partial charge in [0.1, 0.15) is 11.5 Å². The van der Waals surface area contributed by atoms with Gasteiger partial charge in [0, 0.05) is 30.1 Å². The minimum atomic E-state index is -0.677. The van der Waals surface area contributed by atoms with Gasteiger partial charge in [-0.15, -0.1) is 0 Å². The summed E-state index contributed by atoms with van der Waals surface area (Å²) in [6.45, 7) is 7.11. The van der Waals surface area contributed by atoms with Crippen molar-refractivity contribution in [2.75, 3.05) is 20.8 Å². The molecule has 1 N–H and O–H groups in total. The average Bonchev–Trinajstić information content (AvgIpc) is 3.10. The number of hydrogen-bond acceptors (Lipinski definition) is 7. The summed E-state index contributed by atoms with van der Waals surface area (Å²) in [6.07, 6.45) is -0.677. The van der Waals surface area contributed by atoms with E-state index in [0.29, 0.717) is 30.6 Å². The molecule has 136 valence electrons. The second-order valence-electron chi connectivity index (χ2n) is 6.63. The Morgan fingerprint density at radius 1 is 1.20 bits per heavy atom. The van der Waals surface area contributed by atoms with Gasteiger partial charge in [0.2, 0.25) is 5.89 Å². The third-order valence-electron chi connectivity index (χ3n) is 4.69. The summed E-state index contributed by atoms with van der Waals surface area (Å²) in [5.74, 6) is 2.87. The Kier molecular flexibility index (Phi) is 4.96. The van der Waals surface area contributed by atoms with E-state index in [9.17, 15) is 5.11 Å². The van der Waals surface area contributed by atoms with Crippen LogP contribution >= 0.6 is 0 Å². The third kappa shape index (κ3) is 3.21. The first-order chi connectivity index (χ1) is 12.0. The summed E-state index contributed by atoms with van der Waals surface area (Å²) in [5, 5.41) is 14.7. The largest absolute Gasteiger partial charge is 0.496 e. The number of methoxy groups -OCH3 is 2. The molecule has 0 fully saturated rings. The van der Waals surface area contributed by atoms with Crippen LogP contribution in [0.5, 0.6) is 11.5 Å². The van der Waals surface area contributed by atoms with E-state index in [-0.39, 0.29) is 12.0 Å². The van der Waals surface area contributed by atoms with Crippen molar-refractivity contribution in [2.45, 2.75) is 45.4 Å². The van der Waals surface area contributed by atoms with Gasteiger partial charge in [-0.05, 0) is 19.1 Å². The highest BCUT2D eigenvalue weighted by Gasteiger charge is 2.33. The number of aliphatic hydroxyl groups is 1. The van der Waals surface area contributed by atoms with Crippen LogP contribution in [-0.2, 0) is 6.54 Å². The quantitative estimate of drug-likeness (QED) is 0.890. The lowest BCUT2D eigenvalue weighted by Crippen LogP contribution is -2.36. The van der Waals surface area contributed by atoms with Crippen molar-refractivity contribution in [3.05, 3.63) is 35.0 Å². The molecular formula is C18H25N3O4. The van der Waals surface area contributed by atoms with E-state index in [1.807, 2.05) is 32.9 Å². The predicted molar refractivity (Wildman–Crippen MR) is 91.7 cm³/mol. The summed E-state index contributed by atoms with van der Waals surface area (Å²) in [6, 6.07) is 3.58. The van der Waals surface area contributed by atoms with Crippen LogP contribution in [0.2, 0.25) is 0 Å². The molecule has 1 aliphatic heterocycles. The zero-order valence-corrected chi connectivity index (χ0v) is 15.3. The van der Waals surface area contributed by atoms with Gasteiger partial charge in [0.05, 0.1) is 26.4 Å². The molecule has 25 heavy (non-hydrogen) atoms. The number of rotatable bonds is 5. The molecule has 0 amide bonds. The van der Waals surface area contributed by atoms with Crippen LogP contribution in [0.15, 0.2) is 16.7 Å². The Bertz CT molecular complexity index is 744. The number of benzene rings is 1. The van der Waals surface area contributed by atoms with E-state index in [1.165, 1.54) is 0 Å². The summed E-state index contributed by atoms with van der Waals surface area (Å²) in [7, 11) is 3.24. The Morgan fingerprint density at radius 3 is 2.48 bits per heavy atom. The van der Waals surface area contributed by atoms with Crippen LogP contribution < -0.4 is 9.47 Å². The standard InChI is InChI=1S/C18H25N3O4/c1-10(2)17-19-18(25-20-17)11(3)21-8-12-14(23-4)6-7-15(24-5)16(12)13(22)9-21/h6-7,10-11,13,22H,8-9H2,1-5H3/t11-,13-/m0/s1. The molecule has 1 aliphatic rings. The van der Waals surface area contributed by atoms with Gasteiger partial charge in [0.15, 0.2) is 5.82 Å². The molecule has 2 aromatic rings. The molecule has 0 saturated carbocycles. The molecule has 0 unspecified atom stereocenters. The number of ether oxygens (including phenoxy) is 2. The van der Waals surface area contributed by atoms with Gasteiger partial charge in [-0.3, -0.25) is 4.90 Å². The Hall–Kier alpha value is -2.12. The number of nitrogens with zero attached hydrogens (tertiary/aromatic N) is 3. The Labute approximate surface area is 147 Å². The van der Waals surface area contributed by atoms with Gasteiger partial charge < -0.3 is 19.1 Å². The first-order valence-corrected chi connectivity index (χ1v) is 8.45. The van der Waals surface area contributed by atoms with Crippen molar-refractivity contribution in [1.29, 1.82) is 0 Å². The average molecular weight is 347 g/mol. The van der Waals surface area contributed by atoms with Crippen LogP contribution in [0.1, 0.15) is 61.7 Å². The second kappa shape index (κ2) is 7.01. The first kappa shape index (κ1) is 17.7. The first-order valence-electron chi connectivity index (χ1n) is 8.45. The molecule has 2 atom stereocenters. The van der Waals surface area contributed by atoms with Gasteiger partial charge in [-0.1, -0.05) is 19.0 Å². The number of hydrogen-bond donors (Lipinski definition) is 1. The molecule has 3 rings (SSSR count). The predicted octanol–water partition coefficient (Wildman–Crippen LogP) is 2.82. The zero-order chi connectivity index (χ0) is 18.1. The highest BCUT2D eigenvalue weighted by molar-refractivity contribution is 5.51. The van der Waals surface area contributed by atoms with E-state index in [0.717, 1.165) is 16.9 Å². The van der Waals surface area contributed by atoms with Crippen molar-refractivity contribution < 1.29 is 19.1 Å². The van der Waals surface area contributed by atoms with Crippen LogP contribution in [-0.4, -0.2) is 40.9 Å². The maximum atomic E-state index is 10.7. The highest BCUT2D eigenvalue weighted by Crippen LogP contribution is 2.41. The second-order valence-corrected chi connectivity index (χ2v) is 6.63.